The van der Waals surface area contributed by atoms with Crippen molar-refractivity contribution in [2.45, 2.75) is 97.9 Å². The summed E-state index contributed by atoms with van der Waals surface area (Å²) < 4.78 is 5.72. The van der Waals surface area contributed by atoms with E-state index < -0.39 is 0 Å². The van der Waals surface area contributed by atoms with Gasteiger partial charge < -0.3 is 15.4 Å². The number of aliphatic imine (C=N–C) groups is 1. The van der Waals surface area contributed by atoms with Crippen LogP contribution in [0.15, 0.2) is 35.5 Å². The molecule has 2 heterocycles. The highest BCUT2D eigenvalue weighted by Gasteiger charge is 2.35. The lowest BCUT2D eigenvalue weighted by atomic mass is 9.93. The Morgan fingerprint density at radius 1 is 1.24 bits per heavy atom. The first kappa shape index (κ1) is 31.0. The number of nitrogens with two attached hydrogens (primary N) is 1. The molecular formula is C31H52N4O2. The zero-order chi connectivity index (χ0) is 27.0. The van der Waals surface area contributed by atoms with E-state index in [1.165, 1.54) is 11.1 Å². The zero-order valence-electron chi connectivity index (χ0n) is 24.2. The van der Waals surface area contributed by atoms with E-state index in [4.69, 9.17) is 10.5 Å². The van der Waals surface area contributed by atoms with E-state index in [0.29, 0.717) is 25.0 Å². The number of allylic oxidation sites excluding steroid dienone is 1. The highest BCUT2D eigenvalue weighted by molar-refractivity contribution is 5.82. The Morgan fingerprint density at radius 3 is 2.76 bits per heavy atom. The highest BCUT2D eigenvalue weighted by Crippen LogP contribution is 2.36. The van der Waals surface area contributed by atoms with Crippen LogP contribution in [0, 0.1) is 0 Å². The smallest absolute Gasteiger partial charge is 0.236 e. The minimum absolute atomic E-state index is 0.266. The lowest BCUT2D eigenvalue weighted by Crippen LogP contribution is -2.43. The predicted octanol–water partition coefficient (Wildman–Crippen LogP) is 5.95. The summed E-state index contributed by atoms with van der Waals surface area (Å²) in [4.78, 5) is 22.5. The molecule has 6 heteroatoms. The number of nitrogens with zero attached hydrogens (tertiary/aromatic N) is 3. The Hall–Kier alpha value is -2.18. The lowest BCUT2D eigenvalue weighted by Gasteiger charge is -2.28. The molecule has 37 heavy (non-hydrogen) atoms. The summed E-state index contributed by atoms with van der Waals surface area (Å²) in [5.41, 5.74) is 9.57. The minimum Gasteiger partial charge on any atom is -0.493 e. The molecule has 1 fully saturated rings. The van der Waals surface area contributed by atoms with Crippen LogP contribution in [0.25, 0.3) is 0 Å². The molecule has 2 N–H and O–H groups in total. The van der Waals surface area contributed by atoms with Crippen molar-refractivity contribution >= 4 is 11.6 Å². The van der Waals surface area contributed by atoms with E-state index in [1.54, 1.807) is 0 Å². The van der Waals surface area contributed by atoms with Gasteiger partial charge in [-0.3, -0.25) is 14.7 Å². The number of unbranched alkanes of at least 4 members (excludes halogenated alkanes) is 2. The third kappa shape index (κ3) is 9.90. The molecule has 3 rings (SSSR count). The molecule has 208 valence electrons. The van der Waals surface area contributed by atoms with E-state index in [0.717, 1.165) is 89.1 Å². The van der Waals surface area contributed by atoms with Gasteiger partial charge in [-0.1, -0.05) is 45.4 Å². The van der Waals surface area contributed by atoms with Gasteiger partial charge in [0.25, 0.3) is 0 Å². The number of carbonyl (C=O) groups excluding carboxylic acids is 1. The summed E-state index contributed by atoms with van der Waals surface area (Å²) >= 11 is 0. The molecule has 1 aromatic carbocycles. The van der Waals surface area contributed by atoms with Crippen molar-refractivity contribution < 1.29 is 9.53 Å². The van der Waals surface area contributed by atoms with Crippen molar-refractivity contribution in [3.05, 3.63) is 41.6 Å². The number of carbonyl (C=O) groups is 1. The molecule has 6 nitrogen and oxygen atoms in total. The van der Waals surface area contributed by atoms with Gasteiger partial charge in [0.15, 0.2) is 0 Å². The molecule has 0 bridgehead atoms. The number of benzene rings is 1. The number of fused-ring (bicyclic) bond motifs is 1. The van der Waals surface area contributed by atoms with Crippen molar-refractivity contribution in [1.82, 2.24) is 9.80 Å². The summed E-state index contributed by atoms with van der Waals surface area (Å²) in [6.45, 7) is 14.9. The van der Waals surface area contributed by atoms with E-state index in [9.17, 15) is 4.79 Å². The summed E-state index contributed by atoms with van der Waals surface area (Å²) in [6.07, 6.45) is 12.0. The molecule has 1 saturated heterocycles. The first-order valence-electron chi connectivity index (χ1n) is 14.7. The Labute approximate surface area is 226 Å². The molecule has 1 unspecified atom stereocenters. The van der Waals surface area contributed by atoms with Gasteiger partial charge in [0.1, 0.15) is 5.75 Å². The SMILES string of the molecule is C/C=C\N=C(C)CC[C@H]1CC(c2ccc3c(c2)CCO3)CN1CC(=O)N(CCCC)CCCCN.CC. The summed E-state index contributed by atoms with van der Waals surface area (Å²) in [5.74, 6) is 1.76. The Morgan fingerprint density at radius 2 is 2.03 bits per heavy atom. The van der Waals surface area contributed by atoms with Crippen molar-refractivity contribution in [3.8, 4) is 5.75 Å². The van der Waals surface area contributed by atoms with Crippen molar-refractivity contribution in [2.24, 2.45) is 10.7 Å². The van der Waals surface area contributed by atoms with Crippen LogP contribution >= 0.6 is 0 Å². The van der Waals surface area contributed by atoms with Crippen LogP contribution in [0.4, 0.5) is 0 Å². The van der Waals surface area contributed by atoms with Gasteiger partial charge in [-0.25, -0.2) is 0 Å². The third-order valence-electron chi connectivity index (χ3n) is 7.35. The van der Waals surface area contributed by atoms with Gasteiger partial charge in [0.05, 0.1) is 13.2 Å². The standard InChI is InChI=1S/C29H46N4O2.C2H6/c1-4-6-16-32(17-8-7-14-30)29(34)22-33-21-26(20-27(33)11-9-23(3)31-15-5-2)24-10-12-28-25(19-24)13-18-35-28;1-2/h5,10,12,15,19,26-27H,4,6-9,11,13-14,16-18,20-22,30H2,1-3H3;1-2H3/b15-5-,31-23?;/t26?,27-;/m0./s1. The topological polar surface area (TPSA) is 71.2 Å². The maximum atomic E-state index is 13.4. The predicted molar refractivity (Wildman–Crippen MR) is 157 cm³/mol. The molecule has 1 amide bonds. The van der Waals surface area contributed by atoms with Gasteiger partial charge in [0.2, 0.25) is 5.91 Å². The fourth-order valence-electron chi connectivity index (χ4n) is 5.25. The number of ether oxygens (including phenoxy) is 1. The maximum Gasteiger partial charge on any atom is 0.236 e. The number of hydrogen-bond donors (Lipinski definition) is 1. The summed E-state index contributed by atoms with van der Waals surface area (Å²) in [7, 11) is 0. The number of amides is 1. The Bertz CT molecular complexity index is 867. The molecule has 0 radical (unpaired) electrons. The van der Waals surface area contributed by atoms with Crippen LogP contribution in [-0.4, -0.2) is 66.8 Å². The van der Waals surface area contributed by atoms with Gasteiger partial charge >= 0.3 is 0 Å². The molecule has 2 aliphatic heterocycles. The molecule has 0 spiro atoms. The average molecular weight is 513 g/mol. The lowest BCUT2D eigenvalue weighted by molar-refractivity contribution is -0.132. The largest absolute Gasteiger partial charge is 0.493 e. The van der Waals surface area contributed by atoms with Crippen molar-refractivity contribution in [1.29, 1.82) is 0 Å². The quantitative estimate of drug-likeness (QED) is 0.247. The number of likely N-dealkylation sites (tertiary alicyclic amines) is 1. The summed E-state index contributed by atoms with van der Waals surface area (Å²) in [5, 5.41) is 0. The number of hydrogen-bond acceptors (Lipinski definition) is 5. The fourth-order valence-corrected chi connectivity index (χ4v) is 5.25. The highest BCUT2D eigenvalue weighted by atomic mass is 16.5. The van der Waals surface area contributed by atoms with Crippen LogP contribution in [-0.2, 0) is 11.2 Å². The van der Waals surface area contributed by atoms with Crippen LogP contribution in [0.1, 0.15) is 96.6 Å². The van der Waals surface area contributed by atoms with E-state index in [-0.39, 0.29) is 5.91 Å². The normalized spacial score (nSPS) is 19.5. The minimum atomic E-state index is 0.266. The number of rotatable bonds is 14. The molecule has 2 aliphatic rings. The molecule has 0 aliphatic carbocycles. The van der Waals surface area contributed by atoms with Gasteiger partial charge in [-0.15, -0.1) is 0 Å². The zero-order valence-corrected chi connectivity index (χ0v) is 24.2. The third-order valence-corrected chi connectivity index (χ3v) is 7.35. The Kier molecular flexibility index (Phi) is 14.6. The van der Waals surface area contributed by atoms with E-state index >= 15 is 0 Å². The van der Waals surface area contributed by atoms with Crippen molar-refractivity contribution in [3.63, 3.8) is 0 Å². The molecule has 0 aromatic heterocycles. The second-order valence-electron chi connectivity index (χ2n) is 10.1. The first-order valence-corrected chi connectivity index (χ1v) is 14.7. The van der Waals surface area contributed by atoms with E-state index in [2.05, 4.69) is 46.8 Å². The molecular weight excluding hydrogens is 460 g/mol. The fraction of sp³-hybridized carbons (Fsp3) is 0.677. The molecule has 1 aromatic rings. The molecule has 2 atom stereocenters. The van der Waals surface area contributed by atoms with Crippen LogP contribution in [0.5, 0.6) is 5.75 Å². The Balaban J connectivity index is 0.00000235. The van der Waals surface area contributed by atoms with Crippen LogP contribution in [0.3, 0.4) is 0 Å². The molecule has 0 saturated carbocycles. The monoisotopic (exact) mass is 512 g/mol. The first-order chi connectivity index (χ1) is 18.0. The van der Waals surface area contributed by atoms with Gasteiger partial charge in [0, 0.05) is 44.0 Å². The van der Waals surface area contributed by atoms with Crippen LogP contribution in [0.2, 0.25) is 0 Å². The van der Waals surface area contributed by atoms with Gasteiger partial charge in [-0.05, 0) is 82.0 Å². The summed E-state index contributed by atoms with van der Waals surface area (Å²) in [6, 6.07) is 7.10. The maximum absolute atomic E-state index is 13.4. The average Bonchev–Trinajstić information content (AvgIpc) is 3.55. The second kappa shape index (κ2) is 17.4. The van der Waals surface area contributed by atoms with Crippen LogP contribution < -0.4 is 10.5 Å². The second-order valence-corrected chi connectivity index (χ2v) is 10.1. The van der Waals surface area contributed by atoms with E-state index in [1.807, 2.05) is 33.0 Å². The van der Waals surface area contributed by atoms with Crippen molar-refractivity contribution in [2.75, 3.05) is 39.3 Å². The van der Waals surface area contributed by atoms with Gasteiger partial charge in [-0.2, -0.15) is 0 Å².